The van der Waals surface area contributed by atoms with Crippen molar-refractivity contribution in [1.82, 2.24) is 5.32 Å². The van der Waals surface area contributed by atoms with Gasteiger partial charge in [-0.05, 0) is 31.2 Å². The highest BCUT2D eigenvalue weighted by atomic mass is 79.9. The molecule has 0 fully saturated rings. The van der Waals surface area contributed by atoms with Gasteiger partial charge in [0.2, 0.25) is 0 Å². The van der Waals surface area contributed by atoms with Gasteiger partial charge in [0.25, 0.3) is 5.91 Å². The summed E-state index contributed by atoms with van der Waals surface area (Å²) in [6, 6.07) is 6.93. The molecule has 1 aromatic rings. The predicted molar refractivity (Wildman–Crippen MR) is 68.9 cm³/mol. The molecule has 0 saturated carbocycles. The van der Waals surface area contributed by atoms with Crippen molar-refractivity contribution >= 4 is 21.8 Å². The molecule has 1 amide bonds. The average Bonchev–Trinajstić information content (AvgIpc) is 2.31. The average molecular weight is 302 g/mol. The van der Waals surface area contributed by atoms with Gasteiger partial charge in [-0.25, -0.2) is 0 Å². The minimum atomic E-state index is -0.450. The van der Waals surface area contributed by atoms with Gasteiger partial charge in [0.1, 0.15) is 0 Å². The maximum absolute atomic E-state index is 11.9. The lowest BCUT2D eigenvalue weighted by molar-refractivity contribution is -0.117. The van der Waals surface area contributed by atoms with Gasteiger partial charge >= 0.3 is 0 Å². The van der Waals surface area contributed by atoms with E-state index in [0.29, 0.717) is 5.56 Å². The summed E-state index contributed by atoms with van der Waals surface area (Å²) in [5.41, 5.74) is 0.603. The zero-order chi connectivity index (χ0) is 12.8. The Hall–Kier alpha value is -0.910. The molecule has 0 heterocycles. The maximum atomic E-state index is 11.9. The third kappa shape index (κ3) is 4.11. The highest BCUT2D eigenvalue weighted by Gasteiger charge is 2.18. The van der Waals surface area contributed by atoms with Crippen LogP contribution in [-0.4, -0.2) is 32.5 Å². The Balaban J connectivity index is 2.62. The van der Waals surface area contributed by atoms with Gasteiger partial charge in [-0.15, -0.1) is 0 Å². The molecule has 0 aromatic heterocycles. The van der Waals surface area contributed by atoms with Gasteiger partial charge in [-0.2, -0.15) is 0 Å². The number of methoxy groups -OCH3 is 2. The molecule has 0 aliphatic rings. The summed E-state index contributed by atoms with van der Waals surface area (Å²) < 4.78 is 11.1. The number of benzene rings is 1. The van der Waals surface area contributed by atoms with E-state index in [4.69, 9.17) is 9.47 Å². The number of rotatable bonds is 5. The van der Waals surface area contributed by atoms with E-state index in [0.717, 1.165) is 4.47 Å². The summed E-state index contributed by atoms with van der Waals surface area (Å²) in [6.45, 7) is 1.83. The second-order valence-electron chi connectivity index (χ2n) is 3.61. The van der Waals surface area contributed by atoms with Crippen LogP contribution in [0.1, 0.15) is 17.3 Å². The number of halogens is 1. The van der Waals surface area contributed by atoms with Crippen LogP contribution in [0.15, 0.2) is 28.7 Å². The lowest BCUT2D eigenvalue weighted by atomic mass is 10.2. The van der Waals surface area contributed by atoms with E-state index < -0.39 is 6.29 Å². The normalized spacial score (nSPS) is 12.5. The van der Waals surface area contributed by atoms with Crippen LogP contribution >= 0.6 is 15.9 Å². The lowest BCUT2D eigenvalue weighted by Gasteiger charge is -2.22. The highest BCUT2D eigenvalue weighted by Crippen LogP contribution is 2.11. The van der Waals surface area contributed by atoms with Gasteiger partial charge in [-0.1, -0.05) is 15.9 Å². The number of amides is 1. The van der Waals surface area contributed by atoms with Crippen molar-refractivity contribution in [2.24, 2.45) is 0 Å². The number of carbonyl (C=O) groups excluding carboxylic acids is 1. The van der Waals surface area contributed by atoms with Crippen molar-refractivity contribution in [3.8, 4) is 0 Å². The summed E-state index contributed by atoms with van der Waals surface area (Å²) in [5.74, 6) is -0.149. The van der Waals surface area contributed by atoms with Crippen LogP contribution in [0.3, 0.4) is 0 Å². The Labute approximate surface area is 109 Å². The SMILES string of the molecule is COC(OC)C(C)NC(=O)c1ccc(Br)cc1. The fourth-order valence-corrected chi connectivity index (χ4v) is 1.73. The van der Waals surface area contributed by atoms with Crippen molar-refractivity contribution in [3.05, 3.63) is 34.3 Å². The van der Waals surface area contributed by atoms with Gasteiger partial charge < -0.3 is 14.8 Å². The minimum absolute atomic E-state index is 0.149. The molecule has 17 heavy (non-hydrogen) atoms. The fourth-order valence-electron chi connectivity index (χ4n) is 1.46. The molecule has 0 aliphatic heterocycles. The molecular formula is C12H16BrNO3. The molecule has 1 N–H and O–H groups in total. The Morgan fingerprint density at radius 1 is 1.24 bits per heavy atom. The van der Waals surface area contributed by atoms with E-state index in [1.807, 2.05) is 19.1 Å². The number of carbonyl (C=O) groups is 1. The van der Waals surface area contributed by atoms with Crippen LogP contribution in [0.4, 0.5) is 0 Å². The highest BCUT2D eigenvalue weighted by molar-refractivity contribution is 9.10. The molecule has 5 heteroatoms. The summed E-state index contributed by atoms with van der Waals surface area (Å²) >= 11 is 3.32. The zero-order valence-electron chi connectivity index (χ0n) is 10.1. The Bertz CT molecular complexity index is 363. The number of hydrogen-bond acceptors (Lipinski definition) is 3. The van der Waals surface area contributed by atoms with Crippen LogP contribution in [0, 0.1) is 0 Å². The predicted octanol–water partition coefficient (Wildman–Crippen LogP) is 2.19. The first kappa shape index (κ1) is 14.2. The third-order valence-corrected chi connectivity index (χ3v) is 2.87. The first-order valence-electron chi connectivity index (χ1n) is 5.20. The number of ether oxygens (including phenoxy) is 2. The smallest absolute Gasteiger partial charge is 0.251 e. The van der Waals surface area contributed by atoms with E-state index in [9.17, 15) is 4.79 Å². The minimum Gasteiger partial charge on any atom is -0.354 e. The molecule has 1 unspecified atom stereocenters. The fraction of sp³-hybridized carbons (Fsp3) is 0.417. The summed E-state index contributed by atoms with van der Waals surface area (Å²) in [5, 5.41) is 2.81. The molecular weight excluding hydrogens is 286 g/mol. The molecule has 1 aromatic carbocycles. The Kier molecular flexibility index (Phi) is 5.61. The van der Waals surface area contributed by atoms with Crippen LogP contribution in [0.5, 0.6) is 0 Å². The van der Waals surface area contributed by atoms with E-state index in [1.54, 1.807) is 12.1 Å². The first-order valence-corrected chi connectivity index (χ1v) is 5.99. The second kappa shape index (κ2) is 6.74. The molecule has 1 rings (SSSR count). The van der Waals surface area contributed by atoms with Crippen molar-refractivity contribution in [2.75, 3.05) is 14.2 Å². The summed E-state index contributed by atoms with van der Waals surface area (Å²) in [6.07, 6.45) is -0.450. The van der Waals surface area contributed by atoms with Gasteiger partial charge in [0.05, 0.1) is 6.04 Å². The van der Waals surface area contributed by atoms with Gasteiger partial charge in [0.15, 0.2) is 6.29 Å². The van der Waals surface area contributed by atoms with Crippen LogP contribution in [0.25, 0.3) is 0 Å². The maximum Gasteiger partial charge on any atom is 0.251 e. The topological polar surface area (TPSA) is 47.6 Å². The van der Waals surface area contributed by atoms with Crippen LogP contribution in [-0.2, 0) is 9.47 Å². The quantitative estimate of drug-likeness (QED) is 0.848. The van der Waals surface area contributed by atoms with Crippen molar-refractivity contribution < 1.29 is 14.3 Å². The number of hydrogen-bond donors (Lipinski definition) is 1. The van der Waals surface area contributed by atoms with Crippen LogP contribution < -0.4 is 5.32 Å². The Morgan fingerprint density at radius 2 is 1.76 bits per heavy atom. The first-order chi connectivity index (χ1) is 8.08. The summed E-state index contributed by atoms with van der Waals surface area (Å²) in [4.78, 5) is 11.9. The van der Waals surface area contributed by atoms with E-state index in [-0.39, 0.29) is 11.9 Å². The number of nitrogens with one attached hydrogen (secondary N) is 1. The van der Waals surface area contributed by atoms with Crippen molar-refractivity contribution in [2.45, 2.75) is 19.3 Å². The molecule has 0 spiro atoms. The Morgan fingerprint density at radius 3 is 2.24 bits per heavy atom. The molecule has 4 nitrogen and oxygen atoms in total. The molecule has 0 aliphatic carbocycles. The second-order valence-corrected chi connectivity index (χ2v) is 4.52. The lowest BCUT2D eigenvalue weighted by Crippen LogP contribution is -2.42. The molecule has 1 atom stereocenters. The molecule has 0 saturated heterocycles. The van der Waals surface area contributed by atoms with Crippen molar-refractivity contribution in [3.63, 3.8) is 0 Å². The van der Waals surface area contributed by atoms with Gasteiger partial charge in [-0.3, -0.25) is 4.79 Å². The molecule has 0 bridgehead atoms. The largest absolute Gasteiger partial charge is 0.354 e. The van der Waals surface area contributed by atoms with Crippen molar-refractivity contribution in [1.29, 1.82) is 0 Å². The van der Waals surface area contributed by atoms with E-state index in [2.05, 4.69) is 21.2 Å². The third-order valence-electron chi connectivity index (χ3n) is 2.34. The zero-order valence-corrected chi connectivity index (χ0v) is 11.7. The summed E-state index contributed by atoms with van der Waals surface area (Å²) in [7, 11) is 3.08. The molecule has 94 valence electrons. The standard InChI is InChI=1S/C12H16BrNO3/c1-8(12(16-2)17-3)14-11(15)9-4-6-10(13)7-5-9/h4-8,12H,1-3H3,(H,14,15). The van der Waals surface area contributed by atoms with E-state index >= 15 is 0 Å². The monoisotopic (exact) mass is 301 g/mol. The van der Waals surface area contributed by atoms with Gasteiger partial charge in [0, 0.05) is 24.3 Å². The van der Waals surface area contributed by atoms with E-state index in [1.165, 1.54) is 14.2 Å². The molecule has 0 radical (unpaired) electrons. The van der Waals surface area contributed by atoms with Crippen LogP contribution in [0.2, 0.25) is 0 Å².